The van der Waals surface area contributed by atoms with E-state index < -0.39 is 33.2 Å². The maximum Gasteiger partial charge on any atom is 0.338 e. The van der Waals surface area contributed by atoms with Crippen LogP contribution in [0.4, 0.5) is 11.4 Å². The fourth-order valence-corrected chi connectivity index (χ4v) is 5.92. The third kappa shape index (κ3) is 6.08. The van der Waals surface area contributed by atoms with Gasteiger partial charge in [0.05, 0.1) is 58.6 Å². The Balaban J connectivity index is 1.57. The molecule has 3 aromatic carbocycles. The number of nitrogens with zero attached hydrogens (tertiary/aromatic N) is 4. The van der Waals surface area contributed by atoms with Gasteiger partial charge in [-0.05, 0) is 61.4 Å². The minimum Gasteiger partial charge on any atom is -0.497 e. The molecule has 0 N–H and O–H groups in total. The summed E-state index contributed by atoms with van der Waals surface area (Å²) in [5, 5.41) is 22.6. The van der Waals surface area contributed by atoms with Crippen molar-refractivity contribution < 1.29 is 33.6 Å². The molecule has 1 atom stereocenters. The van der Waals surface area contributed by atoms with Crippen molar-refractivity contribution >= 4 is 34.8 Å². The molecule has 1 aromatic heterocycles. The van der Waals surface area contributed by atoms with E-state index in [0.717, 1.165) is 29.5 Å². The Bertz CT molecular complexity index is 2080. The van der Waals surface area contributed by atoms with Gasteiger partial charge in [-0.15, -0.1) is 0 Å². The number of benzene rings is 3. The number of non-ortho nitro benzene ring substituents is 1. The van der Waals surface area contributed by atoms with Crippen LogP contribution in [0.2, 0.25) is 0 Å². The largest absolute Gasteiger partial charge is 0.497 e. The molecule has 14 nitrogen and oxygen atoms in total. The lowest BCUT2D eigenvalue weighted by Crippen LogP contribution is -2.39. The Labute approximate surface area is 264 Å². The number of hydrogen-bond donors (Lipinski definition) is 0. The predicted molar refractivity (Wildman–Crippen MR) is 166 cm³/mol. The quantitative estimate of drug-likeness (QED) is 0.136. The predicted octanol–water partition coefficient (Wildman–Crippen LogP) is 4.42. The second kappa shape index (κ2) is 13.0. The molecule has 0 amide bonds. The van der Waals surface area contributed by atoms with Crippen molar-refractivity contribution in [3.63, 3.8) is 0 Å². The van der Waals surface area contributed by atoms with E-state index in [4.69, 9.17) is 18.9 Å². The number of hydrogen-bond acceptors (Lipinski definition) is 12. The van der Waals surface area contributed by atoms with Crippen LogP contribution in [0.25, 0.3) is 6.08 Å². The fourth-order valence-electron chi connectivity index (χ4n) is 4.87. The van der Waals surface area contributed by atoms with Gasteiger partial charge >= 0.3 is 11.7 Å². The number of rotatable bonds is 10. The number of esters is 1. The van der Waals surface area contributed by atoms with Gasteiger partial charge in [0.15, 0.2) is 16.3 Å². The van der Waals surface area contributed by atoms with Crippen LogP contribution < -0.4 is 29.1 Å². The molecule has 0 fully saturated rings. The van der Waals surface area contributed by atoms with Crippen molar-refractivity contribution in [3.05, 3.63) is 123 Å². The van der Waals surface area contributed by atoms with E-state index in [-0.39, 0.29) is 35.0 Å². The van der Waals surface area contributed by atoms with E-state index in [1.807, 2.05) is 0 Å². The van der Waals surface area contributed by atoms with Gasteiger partial charge in [0, 0.05) is 6.07 Å². The normalized spacial score (nSPS) is 14.3. The molecule has 0 bridgehead atoms. The maximum atomic E-state index is 13.9. The van der Waals surface area contributed by atoms with E-state index in [1.54, 1.807) is 63.4 Å². The van der Waals surface area contributed by atoms with Gasteiger partial charge in [0.2, 0.25) is 5.75 Å². The van der Waals surface area contributed by atoms with Crippen molar-refractivity contribution in [2.75, 3.05) is 20.8 Å². The number of methoxy groups -OCH3 is 2. The molecule has 0 radical (unpaired) electrons. The number of carbonyl (C=O) groups excluding carboxylic acids is 1. The maximum absolute atomic E-state index is 13.9. The number of allylic oxidation sites excluding steroid dienone is 1. The van der Waals surface area contributed by atoms with E-state index in [2.05, 4.69) is 4.99 Å². The molecule has 2 heterocycles. The Hall–Kier alpha value is -5.83. The molecule has 0 unspecified atom stereocenters. The zero-order valence-corrected chi connectivity index (χ0v) is 25.7. The van der Waals surface area contributed by atoms with Crippen LogP contribution in [-0.2, 0) is 9.53 Å². The average Bonchev–Trinajstić information content (AvgIpc) is 3.34. The minimum absolute atomic E-state index is 0.104. The first kappa shape index (κ1) is 31.6. The van der Waals surface area contributed by atoms with Crippen LogP contribution in [0.1, 0.15) is 31.0 Å². The van der Waals surface area contributed by atoms with Crippen LogP contribution in [0, 0.1) is 20.2 Å². The SMILES string of the molecule is CCOC(=O)C1=C(C)N=c2s/c(=C/c3ccc(Oc4ccc([N+](=O)[O-])cc4[N+](=O)[O-])c(OC)c3)c(=O)n2[C@@H]1c1ccc(OC)cc1. The summed E-state index contributed by atoms with van der Waals surface area (Å²) in [5.74, 6) is 0.103. The van der Waals surface area contributed by atoms with Crippen LogP contribution >= 0.6 is 11.3 Å². The molecular formula is C31H26N4O10S. The Morgan fingerprint density at radius 3 is 2.33 bits per heavy atom. The molecule has 4 aromatic rings. The molecule has 1 aliphatic rings. The highest BCUT2D eigenvalue weighted by molar-refractivity contribution is 7.07. The first-order valence-electron chi connectivity index (χ1n) is 13.7. The Kier molecular flexibility index (Phi) is 8.95. The van der Waals surface area contributed by atoms with Crippen LogP contribution in [-0.4, -0.2) is 41.2 Å². The first-order chi connectivity index (χ1) is 22.1. The average molecular weight is 647 g/mol. The van der Waals surface area contributed by atoms with E-state index in [1.165, 1.54) is 17.7 Å². The van der Waals surface area contributed by atoms with Gasteiger partial charge in [-0.25, -0.2) is 9.79 Å². The summed E-state index contributed by atoms with van der Waals surface area (Å²) in [6.45, 7) is 3.54. The number of aromatic nitrogens is 1. The number of carbonyl (C=O) groups is 1. The number of thiazole rings is 1. The molecular weight excluding hydrogens is 620 g/mol. The molecule has 0 aliphatic carbocycles. The van der Waals surface area contributed by atoms with E-state index in [0.29, 0.717) is 31.9 Å². The lowest BCUT2D eigenvalue weighted by Gasteiger charge is -2.24. The summed E-state index contributed by atoms with van der Waals surface area (Å²) < 4.78 is 23.6. The van der Waals surface area contributed by atoms with Gasteiger partial charge in [-0.1, -0.05) is 29.5 Å². The molecule has 236 valence electrons. The summed E-state index contributed by atoms with van der Waals surface area (Å²) in [4.78, 5) is 53.1. The number of ether oxygens (including phenoxy) is 4. The second-order valence-electron chi connectivity index (χ2n) is 9.75. The fraction of sp³-hybridized carbons (Fsp3) is 0.194. The lowest BCUT2D eigenvalue weighted by molar-refractivity contribution is -0.394. The van der Waals surface area contributed by atoms with Gasteiger partial charge in [-0.2, -0.15) is 0 Å². The molecule has 0 spiro atoms. The summed E-state index contributed by atoms with van der Waals surface area (Å²) in [7, 11) is 2.91. The number of fused-ring (bicyclic) bond motifs is 1. The molecule has 15 heteroatoms. The standard InChI is InChI=1S/C31H26N4O10S/c1-5-44-30(37)27-17(2)32-31-33(28(27)19-7-10-21(42-3)11-8-19)29(36)26(46-31)15-18-6-12-24(25(14-18)43-4)45-23-13-9-20(34(38)39)16-22(23)35(40)41/h6-16,28H,5H2,1-4H3/b26-15+/t28-/m1/s1. The highest BCUT2D eigenvalue weighted by Gasteiger charge is 2.33. The van der Waals surface area contributed by atoms with Crippen LogP contribution in [0.3, 0.4) is 0 Å². The van der Waals surface area contributed by atoms with E-state index in [9.17, 15) is 29.8 Å². The van der Waals surface area contributed by atoms with Crippen molar-refractivity contribution in [3.8, 4) is 23.0 Å². The summed E-state index contributed by atoms with van der Waals surface area (Å²) in [6.07, 6.45) is 1.62. The monoisotopic (exact) mass is 646 g/mol. The lowest BCUT2D eigenvalue weighted by atomic mass is 9.96. The molecule has 5 rings (SSSR count). The Morgan fingerprint density at radius 1 is 0.978 bits per heavy atom. The zero-order valence-electron chi connectivity index (χ0n) is 24.9. The highest BCUT2D eigenvalue weighted by Crippen LogP contribution is 2.38. The highest BCUT2D eigenvalue weighted by atomic mass is 32.1. The molecule has 0 saturated carbocycles. The second-order valence-corrected chi connectivity index (χ2v) is 10.8. The van der Waals surface area contributed by atoms with Crippen molar-refractivity contribution in [1.82, 2.24) is 4.57 Å². The van der Waals surface area contributed by atoms with Gasteiger partial charge in [0.25, 0.3) is 11.2 Å². The molecule has 1 aliphatic heterocycles. The molecule has 46 heavy (non-hydrogen) atoms. The van der Waals surface area contributed by atoms with Gasteiger partial charge in [0.1, 0.15) is 5.75 Å². The third-order valence-corrected chi connectivity index (χ3v) is 7.99. The molecule has 0 saturated heterocycles. The topological polar surface area (TPSA) is 175 Å². The summed E-state index contributed by atoms with van der Waals surface area (Å²) >= 11 is 1.14. The van der Waals surface area contributed by atoms with Crippen LogP contribution in [0.15, 0.2) is 81.7 Å². The first-order valence-corrected chi connectivity index (χ1v) is 14.5. The third-order valence-electron chi connectivity index (χ3n) is 7.00. The van der Waals surface area contributed by atoms with Gasteiger partial charge < -0.3 is 18.9 Å². The smallest absolute Gasteiger partial charge is 0.338 e. The summed E-state index contributed by atoms with van der Waals surface area (Å²) in [6, 6.07) is 14.0. The minimum atomic E-state index is -0.800. The van der Waals surface area contributed by atoms with E-state index >= 15 is 0 Å². The Morgan fingerprint density at radius 2 is 1.70 bits per heavy atom. The number of nitro groups is 2. The van der Waals surface area contributed by atoms with Crippen LogP contribution in [0.5, 0.6) is 23.0 Å². The summed E-state index contributed by atoms with van der Waals surface area (Å²) in [5.41, 5.74) is 0.431. The van der Waals surface area contributed by atoms with Crippen molar-refractivity contribution in [2.24, 2.45) is 4.99 Å². The van der Waals surface area contributed by atoms with Crippen molar-refractivity contribution in [1.29, 1.82) is 0 Å². The number of nitro benzene ring substituents is 2. The zero-order chi connectivity index (χ0) is 33.1. The van der Waals surface area contributed by atoms with Crippen molar-refractivity contribution in [2.45, 2.75) is 19.9 Å². The van der Waals surface area contributed by atoms with Gasteiger partial charge in [-0.3, -0.25) is 29.6 Å².